The molecule has 0 aromatic carbocycles. The van der Waals surface area contributed by atoms with Gasteiger partial charge in [-0.1, -0.05) is 6.42 Å². The Morgan fingerprint density at radius 1 is 1.56 bits per heavy atom. The summed E-state index contributed by atoms with van der Waals surface area (Å²) in [6, 6.07) is 0.102. The summed E-state index contributed by atoms with van der Waals surface area (Å²) in [7, 11) is 2.00. The molecule has 88 valence electrons. The normalized spacial score (nSPS) is 22.2. The minimum Gasteiger partial charge on any atom is -0.337 e. The zero-order valence-electron chi connectivity index (χ0n) is 10.0. The SMILES string of the molecule is CC(=O)C1CCCCN1Cc1nccn1C. The molecule has 1 aromatic rings. The fourth-order valence-corrected chi connectivity index (χ4v) is 2.37. The Labute approximate surface area is 96.3 Å². The van der Waals surface area contributed by atoms with Crippen molar-refractivity contribution in [1.29, 1.82) is 0 Å². The third-order valence-electron chi connectivity index (χ3n) is 3.35. The second-order valence-electron chi connectivity index (χ2n) is 4.55. The molecular weight excluding hydrogens is 202 g/mol. The number of carbonyl (C=O) groups is 1. The summed E-state index contributed by atoms with van der Waals surface area (Å²) in [5.74, 6) is 1.32. The van der Waals surface area contributed by atoms with Gasteiger partial charge in [0.25, 0.3) is 0 Å². The zero-order chi connectivity index (χ0) is 11.5. The lowest BCUT2D eigenvalue weighted by molar-refractivity contribution is -0.123. The lowest BCUT2D eigenvalue weighted by Gasteiger charge is -2.33. The number of Topliss-reactive ketones (excluding diaryl/α,β-unsaturated/α-hetero) is 1. The number of likely N-dealkylation sites (tertiary alicyclic amines) is 1. The second kappa shape index (κ2) is 4.78. The molecule has 0 amide bonds. The molecule has 0 spiro atoms. The number of aromatic nitrogens is 2. The highest BCUT2D eigenvalue weighted by Gasteiger charge is 2.26. The molecule has 4 nitrogen and oxygen atoms in total. The van der Waals surface area contributed by atoms with E-state index in [2.05, 4.69) is 9.88 Å². The quantitative estimate of drug-likeness (QED) is 0.773. The van der Waals surface area contributed by atoms with Crippen LogP contribution in [0.15, 0.2) is 12.4 Å². The number of hydrogen-bond donors (Lipinski definition) is 0. The molecule has 16 heavy (non-hydrogen) atoms. The maximum atomic E-state index is 11.6. The van der Waals surface area contributed by atoms with E-state index in [4.69, 9.17) is 0 Å². The van der Waals surface area contributed by atoms with E-state index in [0.717, 1.165) is 25.3 Å². The number of piperidine rings is 1. The highest BCUT2D eigenvalue weighted by molar-refractivity contribution is 5.81. The van der Waals surface area contributed by atoms with Crippen molar-refractivity contribution < 1.29 is 4.79 Å². The first kappa shape index (κ1) is 11.3. The van der Waals surface area contributed by atoms with Gasteiger partial charge in [0.1, 0.15) is 11.6 Å². The monoisotopic (exact) mass is 221 g/mol. The van der Waals surface area contributed by atoms with Crippen LogP contribution in [0.5, 0.6) is 0 Å². The number of imidazole rings is 1. The third kappa shape index (κ3) is 2.32. The predicted molar refractivity (Wildman–Crippen MR) is 61.9 cm³/mol. The predicted octanol–water partition coefficient (Wildman–Crippen LogP) is 1.36. The largest absolute Gasteiger partial charge is 0.337 e. The number of nitrogens with zero attached hydrogens (tertiary/aromatic N) is 3. The molecule has 2 heterocycles. The Kier molecular flexibility index (Phi) is 3.39. The molecule has 2 rings (SSSR count). The summed E-state index contributed by atoms with van der Waals surface area (Å²) < 4.78 is 2.02. The minimum atomic E-state index is 0.102. The standard InChI is InChI=1S/C12H19N3O/c1-10(16)11-5-3-4-7-15(11)9-12-13-6-8-14(12)2/h6,8,11H,3-5,7,9H2,1-2H3. The van der Waals surface area contributed by atoms with Crippen LogP contribution in [0.4, 0.5) is 0 Å². The average molecular weight is 221 g/mol. The maximum Gasteiger partial charge on any atom is 0.146 e. The van der Waals surface area contributed by atoms with Crippen molar-refractivity contribution >= 4 is 5.78 Å². The molecule has 1 unspecified atom stereocenters. The summed E-state index contributed by atoms with van der Waals surface area (Å²) in [4.78, 5) is 18.1. The molecule has 0 saturated carbocycles. The van der Waals surface area contributed by atoms with E-state index >= 15 is 0 Å². The van der Waals surface area contributed by atoms with E-state index < -0.39 is 0 Å². The number of ketones is 1. The topological polar surface area (TPSA) is 38.1 Å². The number of aryl methyl sites for hydroxylation is 1. The Bertz CT molecular complexity index is 372. The first-order valence-electron chi connectivity index (χ1n) is 5.89. The van der Waals surface area contributed by atoms with Gasteiger partial charge < -0.3 is 4.57 Å². The van der Waals surface area contributed by atoms with E-state index in [1.165, 1.54) is 12.8 Å². The summed E-state index contributed by atoms with van der Waals surface area (Å²) in [5.41, 5.74) is 0. The van der Waals surface area contributed by atoms with E-state index in [1.54, 1.807) is 6.92 Å². The Hall–Kier alpha value is -1.16. The van der Waals surface area contributed by atoms with Crippen LogP contribution in [0.2, 0.25) is 0 Å². The summed E-state index contributed by atoms with van der Waals surface area (Å²) >= 11 is 0. The van der Waals surface area contributed by atoms with Crippen LogP contribution < -0.4 is 0 Å². The van der Waals surface area contributed by atoms with Crippen LogP contribution in [-0.2, 0) is 18.4 Å². The molecule has 1 aromatic heterocycles. The molecule has 0 aliphatic carbocycles. The highest BCUT2D eigenvalue weighted by atomic mass is 16.1. The molecule has 1 aliphatic heterocycles. The molecule has 1 atom stereocenters. The van der Waals surface area contributed by atoms with Gasteiger partial charge in [-0.3, -0.25) is 9.69 Å². The van der Waals surface area contributed by atoms with Crippen LogP contribution in [0.3, 0.4) is 0 Å². The van der Waals surface area contributed by atoms with Crippen molar-refractivity contribution in [1.82, 2.24) is 14.5 Å². The van der Waals surface area contributed by atoms with Crippen molar-refractivity contribution in [2.24, 2.45) is 7.05 Å². The van der Waals surface area contributed by atoms with E-state index in [0.29, 0.717) is 0 Å². The van der Waals surface area contributed by atoms with Gasteiger partial charge in [-0.15, -0.1) is 0 Å². The van der Waals surface area contributed by atoms with E-state index in [-0.39, 0.29) is 11.8 Å². The van der Waals surface area contributed by atoms with Crippen LogP contribution in [0.1, 0.15) is 32.0 Å². The van der Waals surface area contributed by atoms with Crippen LogP contribution >= 0.6 is 0 Å². The summed E-state index contributed by atoms with van der Waals surface area (Å²) in [5, 5.41) is 0. The van der Waals surface area contributed by atoms with Crippen LogP contribution in [0.25, 0.3) is 0 Å². The first-order valence-corrected chi connectivity index (χ1v) is 5.89. The van der Waals surface area contributed by atoms with Crippen molar-refractivity contribution in [3.05, 3.63) is 18.2 Å². The van der Waals surface area contributed by atoms with E-state index in [1.807, 2.05) is 24.0 Å². The molecular formula is C12H19N3O. The Morgan fingerprint density at radius 3 is 3.00 bits per heavy atom. The molecule has 1 aliphatic rings. The summed E-state index contributed by atoms with van der Waals surface area (Å²) in [6.07, 6.45) is 7.11. The van der Waals surface area contributed by atoms with Crippen molar-refractivity contribution in [2.45, 2.75) is 38.8 Å². The van der Waals surface area contributed by atoms with Gasteiger partial charge in [0.2, 0.25) is 0 Å². The second-order valence-corrected chi connectivity index (χ2v) is 4.55. The van der Waals surface area contributed by atoms with Crippen molar-refractivity contribution in [3.63, 3.8) is 0 Å². The molecule has 4 heteroatoms. The Balaban J connectivity index is 2.07. The van der Waals surface area contributed by atoms with Crippen LogP contribution in [-0.4, -0.2) is 32.8 Å². The Morgan fingerprint density at radius 2 is 2.38 bits per heavy atom. The van der Waals surface area contributed by atoms with Gasteiger partial charge in [-0.2, -0.15) is 0 Å². The fraction of sp³-hybridized carbons (Fsp3) is 0.667. The smallest absolute Gasteiger partial charge is 0.146 e. The van der Waals surface area contributed by atoms with Gasteiger partial charge in [0.05, 0.1) is 12.6 Å². The van der Waals surface area contributed by atoms with Gasteiger partial charge in [-0.05, 0) is 26.3 Å². The molecule has 0 N–H and O–H groups in total. The van der Waals surface area contributed by atoms with Gasteiger partial charge >= 0.3 is 0 Å². The zero-order valence-corrected chi connectivity index (χ0v) is 10.0. The van der Waals surface area contributed by atoms with Crippen LogP contribution in [0, 0.1) is 0 Å². The maximum absolute atomic E-state index is 11.6. The van der Waals surface area contributed by atoms with Gasteiger partial charge in [-0.25, -0.2) is 4.98 Å². The molecule has 1 fully saturated rings. The lowest BCUT2D eigenvalue weighted by Crippen LogP contribution is -2.43. The third-order valence-corrected chi connectivity index (χ3v) is 3.35. The summed E-state index contributed by atoms with van der Waals surface area (Å²) in [6.45, 7) is 3.49. The molecule has 0 bridgehead atoms. The van der Waals surface area contributed by atoms with Gasteiger partial charge in [0.15, 0.2) is 0 Å². The number of carbonyl (C=O) groups excluding carboxylic acids is 1. The fourth-order valence-electron chi connectivity index (χ4n) is 2.37. The highest BCUT2D eigenvalue weighted by Crippen LogP contribution is 2.19. The number of rotatable bonds is 3. The minimum absolute atomic E-state index is 0.102. The van der Waals surface area contributed by atoms with Crippen molar-refractivity contribution in [3.8, 4) is 0 Å². The first-order chi connectivity index (χ1) is 7.68. The number of hydrogen-bond acceptors (Lipinski definition) is 3. The average Bonchev–Trinajstić information content (AvgIpc) is 2.65. The van der Waals surface area contributed by atoms with Gasteiger partial charge in [0, 0.05) is 19.4 Å². The van der Waals surface area contributed by atoms with Crippen molar-refractivity contribution in [2.75, 3.05) is 6.54 Å². The van der Waals surface area contributed by atoms with E-state index in [9.17, 15) is 4.79 Å². The molecule has 1 saturated heterocycles. The lowest BCUT2D eigenvalue weighted by atomic mass is 9.99. The molecule has 0 radical (unpaired) electrons.